The highest BCUT2D eigenvalue weighted by atomic mass is 32.1. The molecule has 1 amide bonds. The van der Waals surface area contributed by atoms with Gasteiger partial charge in [0, 0.05) is 18.0 Å². The van der Waals surface area contributed by atoms with Crippen molar-refractivity contribution in [3.05, 3.63) is 22.4 Å². The number of aliphatic hydroxyl groups excluding tert-OH is 1. The van der Waals surface area contributed by atoms with Crippen LogP contribution in [0.25, 0.3) is 0 Å². The Labute approximate surface area is 80.6 Å². The first-order valence-electron chi connectivity index (χ1n) is 4.24. The number of nitrogens with zero attached hydrogens (tertiary/aromatic N) is 1. The molecule has 0 aliphatic carbocycles. The molecule has 4 heteroatoms. The number of aliphatic hydroxyl groups is 1. The number of thiophene rings is 1. The highest BCUT2D eigenvalue weighted by molar-refractivity contribution is 7.10. The number of rotatable bonds is 2. The summed E-state index contributed by atoms with van der Waals surface area (Å²) in [4.78, 5) is 14.2. The second-order valence-corrected chi connectivity index (χ2v) is 4.24. The van der Waals surface area contributed by atoms with Gasteiger partial charge in [-0.15, -0.1) is 11.3 Å². The van der Waals surface area contributed by atoms with Gasteiger partial charge in [-0.1, -0.05) is 6.07 Å². The Kier molecular flexibility index (Phi) is 2.33. The Morgan fingerprint density at radius 2 is 2.46 bits per heavy atom. The van der Waals surface area contributed by atoms with Crippen molar-refractivity contribution < 1.29 is 9.90 Å². The minimum absolute atomic E-state index is 0.118. The normalized spacial score (nSPS) is 17.2. The van der Waals surface area contributed by atoms with Crippen LogP contribution >= 0.6 is 11.3 Å². The molecule has 0 atom stereocenters. The average molecular weight is 197 g/mol. The van der Waals surface area contributed by atoms with Crippen LogP contribution in [0.3, 0.4) is 0 Å². The van der Waals surface area contributed by atoms with Gasteiger partial charge in [0.25, 0.3) is 0 Å². The number of amides is 1. The Bertz CT molecular complexity index is 291. The molecule has 1 N–H and O–H groups in total. The van der Waals surface area contributed by atoms with Crippen molar-refractivity contribution in [3.63, 3.8) is 0 Å². The minimum atomic E-state index is -0.299. The van der Waals surface area contributed by atoms with Crippen LogP contribution in [-0.2, 0) is 11.2 Å². The molecular formula is C9H11NO2S. The lowest BCUT2D eigenvalue weighted by Crippen LogP contribution is -2.53. The lowest BCUT2D eigenvalue weighted by molar-refractivity contribution is -0.140. The minimum Gasteiger partial charge on any atom is -0.389 e. The van der Waals surface area contributed by atoms with Crippen LogP contribution in [0.1, 0.15) is 4.88 Å². The predicted molar refractivity (Wildman–Crippen MR) is 50.6 cm³/mol. The summed E-state index contributed by atoms with van der Waals surface area (Å²) >= 11 is 1.59. The van der Waals surface area contributed by atoms with E-state index in [0.717, 1.165) is 4.88 Å². The number of hydrogen-bond acceptors (Lipinski definition) is 3. The Balaban J connectivity index is 1.86. The molecule has 0 aromatic carbocycles. The van der Waals surface area contributed by atoms with Gasteiger partial charge in [0.15, 0.2) is 0 Å². The zero-order valence-corrected chi connectivity index (χ0v) is 7.96. The van der Waals surface area contributed by atoms with Crippen molar-refractivity contribution in [2.45, 2.75) is 12.5 Å². The van der Waals surface area contributed by atoms with E-state index in [9.17, 15) is 4.79 Å². The lowest BCUT2D eigenvalue weighted by Gasteiger charge is -2.35. The highest BCUT2D eigenvalue weighted by Gasteiger charge is 2.28. The van der Waals surface area contributed by atoms with Crippen LogP contribution in [0.2, 0.25) is 0 Å². The third-order valence-electron chi connectivity index (χ3n) is 2.12. The molecule has 0 radical (unpaired) electrons. The molecular weight excluding hydrogens is 186 g/mol. The molecule has 0 saturated carbocycles. The number of carbonyl (C=O) groups is 1. The fraction of sp³-hybridized carbons (Fsp3) is 0.444. The smallest absolute Gasteiger partial charge is 0.228 e. The summed E-state index contributed by atoms with van der Waals surface area (Å²) in [5.41, 5.74) is 0. The summed E-state index contributed by atoms with van der Waals surface area (Å²) in [6.45, 7) is 1.01. The molecule has 13 heavy (non-hydrogen) atoms. The molecule has 0 bridgehead atoms. The monoisotopic (exact) mass is 197 g/mol. The molecule has 0 unspecified atom stereocenters. The van der Waals surface area contributed by atoms with E-state index in [-0.39, 0.29) is 12.0 Å². The van der Waals surface area contributed by atoms with Crippen LogP contribution in [0.15, 0.2) is 17.5 Å². The maximum absolute atomic E-state index is 11.5. The maximum atomic E-state index is 11.5. The summed E-state index contributed by atoms with van der Waals surface area (Å²) in [5, 5.41) is 11.0. The van der Waals surface area contributed by atoms with Gasteiger partial charge < -0.3 is 10.0 Å². The summed E-state index contributed by atoms with van der Waals surface area (Å²) < 4.78 is 0. The summed E-state index contributed by atoms with van der Waals surface area (Å²) in [5.74, 6) is 0.118. The van der Waals surface area contributed by atoms with Gasteiger partial charge in [-0.3, -0.25) is 4.79 Å². The van der Waals surface area contributed by atoms with E-state index in [1.54, 1.807) is 16.2 Å². The molecule has 1 saturated heterocycles. The number of likely N-dealkylation sites (tertiary alicyclic amines) is 1. The first kappa shape index (κ1) is 8.72. The van der Waals surface area contributed by atoms with Gasteiger partial charge in [0.1, 0.15) is 0 Å². The maximum Gasteiger partial charge on any atom is 0.228 e. The fourth-order valence-electron chi connectivity index (χ4n) is 1.33. The van der Waals surface area contributed by atoms with Crippen LogP contribution < -0.4 is 0 Å². The summed E-state index contributed by atoms with van der Waals surface area (Å²) in [6, 6.07) is 3.90. The second-order valence-electron chi connectivity index (χ2n) is 3.21. The predicted octanol–water partition coefficient (Wildman–Crippen LogP) is 0.494. The van der Waals surface area contributed by atoms with Crippen molar-refractivity contribution >= 4 is 17.2 Å². The molecule has 70 valence electrons. The number of hydrogen-bond donors (Lipinski definition) is 1. The van der Waals surface area contributed by atoms with E-state index >= 15 is 0 Å². The van der Waals surface area contributed by atoms with E-state index < -0.39 is 0 Å². The summed E-state index contributed by atoms with van der Waals surface area (Å²) in [7, 11) is 0. The standard InChI is InChI=1S/C9H11NO2S/c11-7-5-10(6-7)9(12)4-8-2-1-3-13-8/h1-3,7,11H,4-6H2. The van der Waals surface area contributed by atoms with Crippen LogP contribution in [0.5, 0.6) is 0 Å². The van der Waals surface area contributed by atoms with Gasteiger partial charge in [-0.25, -0.2) is 0 Å². The van der Waals surface area contributed by atoms with E-state index in [1.165, 1.54) is 0 Å². The van der Waals surface area contributed by atoms with Gasteiger partial charge in [-0.05, 0) is 11.4 Å². The van der Waals surface area contributed by atoms with Crippen molar-refractivity contribution in [3.8, 4) is 0 Å². The van der Waals surface area contributed by atoms with Gasteiger partial charge in [-0.2, -0.15) is 0 Å². The molecule has 1 aliphatic heterocycles. The molecule has 1 fully saturated rings. The Hall–Kier alpha value is -0.870. The van der Waals surface area contributed by atoms with E-state index in [0.29, 0.717) is 19.5 Å². The number of β-amino-alcohol motifs (C(OH)–C–C–N with tert-alkyl or cyclic N) is 1. The zero-order valence-electron chi connectivity index (χ0n) is 7.14. The van der Waals surface area contributed by atoms with Crippen molar-refractivity contribution in [1.29, 1.82) is 0 Å². The lowest BCUT2D eigenvalue weighted by atomic mass is 10.1. The van der Waals surface area contributed by atoms with Gasteiger partial charge in [0.2, 0.25) is 5.91 Å². The Morgan fingerprint density at radius 1 is 1.69 bits per heavy atom. The van der Waals surface area contributed by atoms with E-state index in [2.05, 4.69) is 0 Å². The second kappa shape index (κ2) is 3.47. The van der Waals surface area contributed by atoms with Gasteiger partial charge in [0.05, 0.1) is 12.5 Å². The molecule has 3 nitrogen and oxygen atoms in total. The summed E-state index contributed by atoms with van der Waals surface area (Å²) in [6.07, 6.45) is 0.178. The highest BCUT2D eigenvalue weighted by Crippen LogP contribution is 2.14. The third kappa shape index (κ3) is 1.89. The third-order valence-corrected chi connectivity index (χ3v) is 3.00. The first-order valence-corrected chi connectivity index (χ1v) is 5.12. The largest absolute Gasteiger partial charge is 0.389 e. The van der Waals surface area contributed by atoms with Crippen LogP contribution in [0.4, 0.5) is 0 Å². The number of carbonyl (C=O) groups excluding carboxylic acids is 1. The fourth-order valence-corrected chi connectivity index (χ4v) is 2.03. The zero-order chi connectivity index (χ0) is 9.26. The molecule has 1 aromatic rings. The van der Waals surface area contributed by atoms with Crippen LogP contribution in [-0.4, -0.2) is 35.1 Å². The molecule has 1 aromatic heterocycles. The van der Waals surface area contributed by atoms with Gasteiger partial charge >= 0.3 is 0 Å². The Morgan fingerprint density at radius 3 is 3.00 bits per heavy atom. The molecule has 0 spiro atoms. The van der Waals surface area contributed by atoms with E-state index in [4.69, 9.17) is 5.11 Å². The first-order chi connectivity index (χ1) is 6.25. The SMILES string of the molecule is O=C(Cc1cccs1)N1CC(O)C1. The van der Waals surface area contributed by atoms with Crippen LogP contribution in [0, 0.1) is 0 Å². The molecule has 1 aliphatic rings. The quantitative estimate of drug-likeness (QED) is 0.749. The van der Waals surface area contributed by atoms with Crippen molar-refractivity contribution in [2.24, 2.45) is 0 Å². The average Bonchev–Trinajstić information content (AvgIpc) is 2.51. The van der Waals surface area contributed by atoms with E-state index in [1.807, 2.05) is 17.5 Å². The van der Waals surface area contributed by atoms with Crippen molar-refractivity contribution in [2.75, 3.05) is 13.1 Å². The van der Waals surface area contributed by atoms with Crippen molar-refractivity contribution in [1.82, 2.24) is 4.90 Å². The molecule has 2 rings (SSSR count). The topological polar surface area (TPSA) is 40.5 Å². The molecule has 2 heterocycles.